The van der Waals surface area contributed by atoms with Crippen molar-refractivity contribution in [1.82, 2.24) is 14.7 Å². The van der Waals surface area contributed by atoms with Gasteiger partial charge in [0.1, 0.15) is 5.82 Å². The second-order valence-electron chi connectivity index (χ2n) is 7.08. The molecule has 0 bridgehead atoms. The number of hydrogen-bond donors (Lipinski definition) is 1. The van der Waals surface area contributed by atoms with Crippen molar-refractivity contribution in [2.45, 2.75) is 25.8 Å². The summed E-state index contributed by atoms with van der Waals surface area (Å²) in [4.78, 5) is 30.9. The number of hydrogen-bond acceptors (Lipinski definition) is 4. The van der Waals surface area contributed by atoms with Crippen LogP contribution in [0, 0.1) is 5.82 Å². The van der Waals surface area contributed by atoms with Gasteiger partial charge in [0.25, 0.3) is 0 Å². The maximum Gasteiger partial charge on any atom is 0.239 e. The fraction of sp³-hybridized carbons (Fsp3) is 0.579. The van der Waals surface area contributed by atoms with Crippen molar-refractivity contribution in [3.05, 3.63) is 30.1 Å². The molecular weight excluding hydrogens is 335 g/mol. The van der Waals surface area contributed by atoms with E-state index >= 15 is 0 Å². The quantitative estimate of drug-likeness (QED) is 0.860. The highest BCUT2D eigenvalue weighted by atomic mass is 19.1. The van der Waals surface area contributed by atoms with Gasteiger partial charge in [-0.1, -0.05) is 6.07 Å². The molecule has 7 heteroatoms. The van der Waals surface area contributed by atoms with Gasteiger partial charge in [-0.2, -0.15) is 0 Å². The van der Waals surface area contributed by atoms with Crippen LogP contribution in [0.5, 0.6) is 0 Å². The molecule has 2 fully saturated rings. The Morgan fingerprint density at radius 3 is 2.46 bits per heavy atom. The van der Waals surface area contributed by atoms with Crippen molar-refractivity contribution in [3.8, 4) is 0 Å². The topological polar surface area (TPSA) is 55.9 Å². The maximum absolute atomic E-state index is 13.2. The van der Waals surface area contributed by atoms with E-state index in [2.05, 4.69) is 15.1 Å². The lowest BCUT2D eigenvalue weighted by atomic mass is 10.2. The van der Waals surface area contributed by atoms with Crippen LogP contribution < -0.4 is 5.32 Å². The van der Waals surface area contributed by atoms with Crippen LogP contribution in [0.4, 0.5) is 10.1 Å². The first kappa shape index (κ1) is 18.8. The predicted octanol–water partition coefficient (Wildman–Crippen LogP) is 1.39. The molecule has 0 aromatic heterocycles. The molecule has 2 aliphatic heterocycles. The van der Waals surface area contributed by atoms with Gasteiger partial charge in [-0.05, 0) is 38.0 Å². The third-order valence-corrected chi connectivity index (χ3v) is 5.21. The number of rotatable bonds is 5. The molecule has 6 nitrogen and oxygen atoms in total. The summed E-state index contributed by atoms with van der Waals surface area (Å²) in [6, 6.07) is 5.80. The van der Waals surface area contributed by atoms with Crippen LogP contribution >= 0.6 is 0 Å². The standard InChI is InChI=1S/C19H27FN4O2/c1-15(19(26)24-7-2-3-8-24)23-11-9-22(10-12-23)14-18(25)21-17-6-4-5-16(20)13-17/h4-6,13,15H,2-3,7-12,14H2,1H3,(H,21,25)/t15-/m0/s1. The molecule has 0 saturated carbocycles. The third-order valence-electron chi connectivity index (χ3n) is 5.21. The first-order valence-electron chi connectivity index (χ1n) is 9.33. The summed E-state index contributed by atoms with van der Waals surface area (Å²) in [5.41, 5.74) is 0.471. The average molecular weight is 362 g/mol. The van der Waals surface area contributed by atoms with E-state index in [0.717, 1.165) is 52.1 Å². The second-order valence-corrected chi connectivity index (χ2v) is 7.08. The van der Waals surface area contributed by atoms with Crippen molar-refractivity contribution in [2.24, 2.45) is 0 Å². The van der Waals surface area contributed by atoms with Crippen molar-refractivity contribution < 1.29 is 14.0 Å². The predicted molar refractivity (Wildman–Crippen MR) is 98.3 cm³/mol. The molecule has 0 unspecified atom stereocenters. The Hall–Kier alpha value is -1.99. The van der Waals surface area contributed by atoms with Crippen LogP contribution in [0.15, 0.2) is 24.3 Å². The zero-order valence-electron chi connectivity index (χ0n) is 15.3. The number of benzene rings is 1. The summed E-state index contributed by atoms with van der Waals surface area (Å²) >= 11 is 0. The summed E-state index contributed by atoms with van der Waals surface area (Å²) in [6.07, 6.45) is 2.21. The SMILES string of the molecule is C[C@@H](C(=O)N1CCCC1)N1CCN(CC(=O)Nc2cccc(F)c2)CC1. The summed E-state index contributed by atoms with van der Waals surface area (Å²) in [7, 11) is 0. The number of nitrogens with one attached hydrogen (secondary N) is 1. The number of piperazine rings is 1. The molecule has 2 saturated heterocycles. The van der Waals surface area contributed by atoms with Gasteiger partial charge < -0.3 is 10.2 Å². The van der Waals surface area contributed by atoms with Crippen molar-refractivity contribution in [1.29, 1.82) is 0 Å². The Balaban J connectivity index is 1.43. The van der Waals surface area contributed by atoms with E-state index in [-0.39, 0.29) is 30.2 Å². The third kappa shape index (κ3) is 4.80. The van der Waals surface area contributed by atoms with E-state index < -0.39 is 0 Å². The molecule has 0 radical (unpaired) electrons. The first-order valence-corrected chi connectivity index (χ1v) is 9.33. The number of carbonyl (C=O) groups excluding carboxylic acids is 2. The van der Waals surface area contributed by atoms with Gasteiger partial charge in [0, 0.05) is 45.0 Å². The van der Waals surface area contributed by atoms with Crippen LogP contribution in [-0.4, -0.2) is 78.4 Å². The molecule has 26 heavy (non-hydrogen) atoms. The van der Waals surface area contributed by atoms with E-state index in [9.17, 15) is 14.0 Å². The molecule has 3 rings (SSSR count). The van der Waals surface area contributed by atoms with Gasteiger partial charge in [-0.3, -0.25) is 19.4 Å². The summed E-state index contributed by atoms with van der Waals surface area (Å²) < 4.78 is 13.2. The molecule has 1 aromatic carbocycles. The van der Waals surface area contributed by atoms with E-state index in [1.54, 1.807) is 12.1 Å². The Bertz CT molecular complexity index is 640. The van der Waals surface area contributed by atoms with Gasteiger partial charge in [-0.25, -0.2) is 4.39 Å². The molecular formula is C19H27FN4O2. The lowest BCUT2D eigenvalue weighted by molar-refractivity contribution is -0.136. The van der Waals surface area contributed by atoms with E-state index in [1.165, 1.54) is 12.1 Å². The number of likely N-dealkylation sites (tertiary alicyclic amines) is 1. The van der Waals surface area contributed by atoms with Crippen molar-refractivity contribution in [3.63, 3.8) is 0 Å². The van der Waals surface area contributed by atoms with E-state index in [0.29, 0.717) is 5.69 Å². The van der Waals surface area contributed by atoms with Crippen LogP contribution in [-0.2, 0) is 9.59 Å². The van der Waals surface area contributed by atoms with Crippen molar-refractivity contribution >= 4 is 17.5 Å². The number of halogens is 1. The monoisotopic (exact) mass is 362 g/mol. The second kappa shape index (κ2) is 8.60. The first-order chi connectivity index (χ1) is 12.5. The number of amides is 2. The molecule has 2 heterocycles. The summed E-state index contributed by atoms with van der Waals surface area (Å²) in [5, 5.41) is 2.72. The Kier molecular flexibility index (Phi) is 6.21. The van der Waals surface area contributed by atoms with Gasteiger partial charge in [0.2, 0.25) is 11.8 Å². The molecule has 0 spiro atoms. The Morgan fingerprint density at radius 1 is 1.12 bits per heavy atom. The summed E-state index contributed by atoms with van der Waals surface area (Å²) in [6.45, 7) is 7.04. The molecule has 0 aliphatic carbocycles. The average Bonchev–Trinajstić information content (AvgIpc) is 3.15. The van der Waals surface area contributed by atoms with Crippen molar-refractivity contribution in [2.75, 3.05) is 51.1 Å². The summed E-state index contributed by atoms with van der Waals surface area (Å²) in [5.74, 6) is -0.293. The molecule has 1 N–H and O–H groups in total. The Morgan fingerprint density at radius 2 is 1.81 bits per heavy atom. The number of nitrogens with zero attached hydrogens (tertiary/aromatic N) is 3. The van der Waals surface area contributed by atoms with Crippen LogP contribution in [0.3, 0.4) is 0 Å². The molecule has 1 atom stereocenters. The molecule has 2 amide bonds. The van der Waals surface area contributed by atoms with E-state index in [1.807, 2.05) is 11.8 Å². The lowest BCUT2D eigenvalue weighted by Crippen LogP contribution is -2.55. The highest BCUT2D eigenvalue weighted by Crippen LogP contribution is 2.14. The van der Waals surface area contributed by atoms with Gasteiger partial charge in [0.05, 0.1) is 12.6 Å². The van der Waals surface area contributed by atoms with Crippen LogP contribution in [0.2, 0.25) is 0 Å². The largest absolute Gasteiger partial charge is 0.341 e. The van der Waals surface area contributed by atoms with Crippen LogP contribution in [0.25, 0.3) is 0 Å². The van der Waals surface area contributed by atoms with Crippen LogP contribution in [0.1, 0.15) is 19.8 Å². The highest BCUT2D eigenvalue weighted by molar-refractivity contribution is 5.92. The smallest absolute Gasteiger partial charge is 0.239 e. The Labute approximate surface area is 153 Å². The minimum Gasteiger partial charge on any atom is -0.341 e. The molecule has 1 aromatic rings. The van der Waals surface area contributed by atoms with Gasteiger partial charge in [-0.15, -0.1) is 0 Å². The van der Waals surface area contributed by atoms with E-state index in [4.69, 9.17) is 0 Å². The molecule has 2 aliphatic rings. The number of anilines is 1. The zero-order chi connectivity index (χ0) is 18.5. The maximum atomic E-state index is 13.2. The van der Waals surface area contributed by atoms with Gasteiger partial charge >= 0.3 is 0 Å². The lowest BCUT2D eigenvalue weighted by Gasteiger charge is -2.38. The zero-order valence-corrected chi connectivity index (χ0v) is 15.3. The minimum absolute atomic E-state index is 0.101. The minimum atomic E-state index is -0.368. The van der Waals surface area contributed by atoms with Gasteiger partial charge in [0.15, 0.2) is 0 Å². The normalized spacial score (nSPS) is 20.2. The number of carbonyl (C=O) groups is 2. The fourth-order valence-electron chi connectivity index (χ4n) is 3.64. The highest BCUT2D eigenvalue weighted by Gasteiger charge is 2.30. The fourth-order valence-corrected chi connectivity index (χ4v) is 3.64. The molecule has 142 valence electrons.